The third-order valence-electron chi connectivity index (χ3n) is 4.13. The van der Waals surface area contributed by atoms with E-state index >= 15 is 0 Å². The molecule has 0 radical (unpaired) electrons. The van der Waals surface area contributed by atoms with E-state index in [0.29, 0.717) is 27.4 Å². The number of nitrogens with zero attached hydrogens (tertiary/aromatic N) is 1. The minimum atomic E-state index is -0.595. The summed E-state index contributed by atoms with van der Waals surface area (Å²) in [6.07, 6.45) is 0. The van der Waals surface area contributed by atoms with Crippen LogP contribution in [-0.2, 0) is 21.9 Å². The molecule has 0 spiro atoms. The molecule has 2 amide bonds. The number of likely N-dealkylation sites (N-methyl/N-ethyl adjacent to an activating group) is 1. The van der Waals surface area contributed by atoms with Gasteiger partial charge in [0.15, 0.2) is 0 Å². The Labute approximate surface area is 184 Å². The number of rotatable bonds is 8. The van der Waals surface area contributed by atoms with Gasteiger partial charge in [-0.25, -0.2) is 0 Å². The zero-order valence-electron chi connectivity index (χ0n) is 15.5. The zero-order chi connectivity index (χ0) is 20.7. The van der Waals surface area contributed by atoms with Crippen LogP contribution in [0.25, 0.3) is 0 Å². The minimum absolute atomic E-state index is 0.124. The molecular formula is C20H21Cl3N2O2S. The fraction of sp³-hybridized carbons (Fsp3) is 0.300. The lowest BCUT2D eigenvalue weighted by Gasteiger charge is -2.28. The largest absolute Gasteiger partial charge is 0.357 e. The Morgan fingerprint density at radius 1 is 1.07 bits per heavy atom. The zero-order valence-corrected chi connectivity index (χ0v) is 18.6. The number of benzene rings is 2. The molecule has 0 aliphatic rings. The molecular weight excluding hydrogens is 439 g/mol. The Morgan fingerprint density at radius 2 is 1.82 bits per heavy atom. The molecule has 150 valence electrons. The molecule has 0 unspecified atom stereocenters. The molecule has 2 aromatic rings. The maximum absolute atomic E-state index is 12.9. The average molecular weight is 460 g/mol. The van der Waals surface area contributed by atoms with Gasteiger partial charge in [0.1, 0.15) is 6.04 Å². The molecule has 1 N–H and O–H groups in total. The SMILES string of the molecule is CNC(=O)[C@@H](C)N(Cc1cccc(Cl)c1)C(=O)CSCc1ccc(Cl)c(Cl)c1. The lowest BCUT2D eigenvalue weighted by Crippen LogP contribution is -2.47. The number of nitrogens with one attached hydrogen (secondary N) is 1. The Bertz CT molecular complexity index is 848. The summed E-state index contributed by atoms with van der Waals surface area (Å²) in [6.45, 7) is 2.02. The molecule has 0 aliphatic heterocycles. The normalized spacial score (nSPS) is 11.8. The highest BCUT2D eigenvalue weighted by molar-refractivity contribution is 7.99. The van der Waals surface area contributed by atoms with Crippen molar-refractivity contribution in [2.24, 2.45) is 0 Å². The maximum atomic E-state index is 12.9. The van der Waals surface area contributed by atoms with E-state index in [-0.39, 0.29) is 17.6 Å². The average Bonchev–Trinajstić information content (AvgIpc) is 2.67. The topological polar surface area (TPSA) is 49.4 Å². The van der Waals surface area contributed by atoms with Gasteiger partial charge in [0.25, 0.3) is 0 Å². The Morgan fingerprint density at radius 3 is 2.46 bits per heavy atom. The quantitative estimate of drug-likeness (QED) is 0.601. The second kappa shape index (κ2) is 11.0. The first-order valence-electron chi connectivity index (χ1n) is 8.59. The Kier molecular flexibility index (Phi) is 8.96. The van der Waals surface area contributed by atoms with Crippen LogP contribution in [-0.4, -0.2) is 35.6 Å². The fourth-order valence-electron chi connectivity index (χ4n) is 2.59. The molecule has 2 aromatic carbocycles. The molecule has 0 heterocycles. The number of amides is 2. The van der Waals surface area contributed by atoms with Crippen molar-refractivity contribution in [3.8, 4) is 0 Å². The third kappa shape index (κ3) is 6.59. The van der Waals surface area contributed by atoms with Gasteiger partial charge in [-0.2, -0.15) is 0 Å². The number of hydrogen-bond acceptors (Lipinski definition) is 3. The molecule has 4 nitrogen and oxygen atoms in total. The third-order valence-corrected chi connectivity index (χ3v) is 6.10. The first-order valence-corrected chi connectivity index (χ1v) is 10.9. The number of halogens is 3. The van der Waals surface area contributed by atoms with E-state index in [1.165, 1.54) is 11.8 Å². The fourth-order valence-corrected chi connectivity index (χ4v) is 3.98. The summed E-state index contributed by atoms with van der Waals surface area (Å²) in [6, 6.07) is 12.1. The van der Waals surface area contributed by atoms with Gasteiger partial charge in [0.05, 0.1) is 15.8 Å². The summed E-state index contributed by atoms with van der Waals surface area (Å²) in [7, 11) is 1.56. The molecule has 0 fully saturated rings. The van der Waals surface area contributed by atoms with E-state index in [2.05, 4.69) is 5.32 Å². The first kappa shape index (κ1) is 22.9. The molecule has 0 aromatic heterocycles. The van der Waals surface area contributed by atoms with Crippen LogP contribution in [0.1, 0.15) is 18.1 Å². The monoisotopic (exact) mass is 458 g/mol. The van der Waals surface area contributed by atoms with Crippen molar-refractivity contribution in [3.63, 3.8) is 0 Å². The molecule has 1 atom stereocenters. The van der Waals surface area contributed by atoms with Crippen molar-refractivity contribution in [1.82, 2.24) is 10.2 Å². The summed E-state index contributed by atoms with van der Waals surface area (Å²) < 4.78 is 0. The molecule has 8 heteroatoms. The van der Waals surface area contributed by atoms with Crippen LogP contribution in [0.2, 0.25) is 15.1 Å². The highest BCUT2D eigenvalue weighted by Gasteiger charge is 2.25. The predicted octanol–water partition coefficient (Wildman–Crippen LogP) is 5.04. The van der Waals surface area contributed by atoms with E-state index in [1.807, 2.05) is 18.2 Å². The highest BCUT2D eigenvalue weighted by atomic mass is 35.5. The van der Waals surface area contributed by atoms with E-state index in [9.17, 15) is 9.59 Å². The van der Waals surface area contributed by atoms with Gasteiger partial charge in [-0.15, -0.1) is 11.8 Å². The predicted molar refractivity (Wildman–Crippen MR) is 118 cm³/mol. The number of hydrogen-bond donors (Lipinski definition) is 1. The molecule has 2 rings (SSSR count). The summed E-state index contributed by atoms with van der Waals surface area (Å²) >= 11 is 19.5. The van der Waals surface area contributed by atoms with Gasteiger partial charge >= 0.3 is 0 Å². The molecule has 0 bridgehead atoms. The number of thioether (sulfide) groups is 1. The van der Waals surface area contributed by atoms with Crippen LogP contribution < -0.4 is 5.32 Å². The highest BCUT2D eigenvalue weighted by Crippen LogP contribution is 2.25. The van der Waals surface area contributed by atoms with Crippen molar-refractivity contribution in [2.45, 2.75) is 25.3 Å². The van der Waals surface area contributed by atoms with Crippen LogP contribution in [0.15, 0.2) is 42.5 Å². The first-order chi connectivity index (χ1) is 13.3. The minimum Gasteiger partial charge on any atom is -0.357 e. The lowest BCUT2D eigenvalue weighted by molar-refractivity contribution is -0.138. The van der Waals surface area contributed by atoms with Crippen molar-refractivity contribution in [2.75, 3.05) is 12.8 Å². The van der Waals surface area contributed by atoms with Gasteiger partial charge in [-0.1, -0.05) is 53.0 Å². The van der Waals surface area contributed by atoms with Crippen molar-refractivity contribution in [3.05, 3.63) is 68.7 Å². The molecule has 0 saturated carbocycles. The summed E-state index contributed by atoms with van der Waals surface area (Å²) in [5, 5.41) is 4.17. The van der Waals surface area contributed by atoms with Gasteiger partial charge in [0.2, 0.25) is 11.8 Å². The van der Waals surface area contributed by atoms with Gasteiger partial charge < -0.3 is 10.2 Å². The van der Waals surface area contributed by atoms with Crippen molar-refractivity contribution < 1.29 is 9.59 Å². The Balaban J connectivity index is 2.05. The smallest absolute Gasteiger partial charge is 0.242 e. The van der Waals surface area contributed by atoms with E-state index in [0.717, 1.165) is 11.1 Å². The van der Waals surface area contributed by atoms with Crippen LogP contribution in [0, 0.1) is 0 Å². The Hall–Kier alpha value is -1.40. The summed E-state index contributed by atoms with van der Waals surface area (Å²) in [4.78, 5) is 26.5. The molecule has 0 aliphatic carbocycles. The van der Waals surface area contributed by atoms with E-state index in [4.69, 9.17) is 34.8 Å². The van der Waals surface area contributed by atoms with Gasteiger partial charge in [0, 0.05) is 24.4 Å². The van der Waals surface area contributed by atoms with Crippen LogP contribution in [0.5, 0.6) is 0 Å². The van der Waals surface area contributed by atoms with Crippen LogP contribution in [0.4, 0.5) is 0 Å². The van der Waals surface area contributed by atoms with Gasteiger partial charge in [-0.05, 0) is 42.3 Å². The second-order valence-corrected chi connectivity index (χ2v) is 8.42. The molecule has 0 saturated heterocycles. The van der Waals surface area contributed by atoms with Crippen LogP contribution >= 0.6 is 46.6 Å². The number of carbonyl (C=O) groups is 2. The standard InChI is InChI=1S/C20H21Cl3N2O2S/c1-13(20(27)24-2)25(10-14-4-3-5-16(21)8-14)19(26)12-28-11-15-6-7-17(22)18(23)9-15/h3-9,13H,10-12H2,1-2H3,(H,24,27)/t13-/m1/s1. The molecule has 28 heavy (non-hydrogen) atoms. The lowest BCUT2D eigenvalue weighted by atomic mass is 10.1. The van der Waals surface area contributed by atoms with Crippen LogP contribution in [0.3, 0.4) is 0 Å². The van der Waals surface area contributed by atoms with E-state index < -0.39 is 6.04 Å². The van der Waals surface area contributed by atoms with Crippen molar-refractivity contribution in [1.29, 1.82) is 0 Å². The maximum Gasteiger partial charge on any atom is 0.242 e. The summed E-state index contributed by atoms with van der Waals surface area (Å²) in [5.74, 6) is 0.510. The number of carbonyl (C=O) groups excluding carboxylic acids is 2. The van der Waals surface area contributed by atoms with E-state index in [1.54, 1.807) is 43.1 Å². The second-order valence-electron chi connectivity index (χ2n) is 6.18. The van der Waals surface area contributed by atoms with Gasteiger partial charge in [-0.3, -0.25) is 9.59 Å². The summed E-state index contributed by atoms with van der Waals surface area (Å²) in [5.41, 5.74) is 1.85. The van der Waals surface area contributed by atoms with Crippen molar-refractivity contribution >= 4 is 58.4 Å².